The summed E-state index contributed by atoms with van der Waals surface area (Å²) in [7, 11) is 1.40. The Hall–Kier alpha value is -3.16. The minimum absolute atomic E-state index is 0.114. The van der Waals surface area contributed by atoms with E-state index in [4.69, 9.17) is 9.47 Å². The maximum Gasteiger partial charge on any atom is 0.319 e. The Morgan fingerprint density at radius 1 is 1.16 bits per heavy atom. The highest BCUT2D eigenvalue weighted by molar-refractivity contribution is 6.04. The fourth-order valence-corrected chi connectivity index (χ4v) is 4.20. The molecule has 2 aromatic carbocycles. The van der Waals surface area contributed by atoms with Crippen LogP contribution in [-0.4, -0.2) is 48.7 Å². The summed E-state index contributed by atoms with van der Waals surface area (Å²) >= 11 is 0. The van der Waals surface area contributed by atoms with Gasteiger partial charge in [0.1, 0.15) is 16.9 Å². The van der Waals surface area contributed by atoms with Gasteiger partial charge in [0.15, 0.2) is 11.6 Å². The molecule has 2 aliphatic rings. The monoisotopic (exact) mass is 445 g/mol. The number of rotatable bonds is 7. The Labute approximate surface area is 184 Å². The van der Waals surface area contributed by atoms with E-state index in [9.17, 15) is 23.5 Å². The second kappa shape index (κ2) is 8.76. The lowest BCUT2D eigenvalue weighted by molar-refractivity contribution is -0.154. The largest absolute Gasteiger partial charge is 0.496 e. The van der Waals surface area contributed by atoms with Crippen LogP contribution in [0.1, 0.15) is 25.7 Å². The summed E-state index contributed by atoms with van der Waals surface area (Å²) in [5.41, 5.74) is -0.114. The summed E-state index contributed by atoms with van der Waals surface area (Å²) in [6.07, 6.45) is 2.53. The fourth-order valence-electron chi connectivity index (χ4n) is 4.20. The molecule has 6 nitrogen and oxygen atoms in total. The van der Waals surface area contributed by atoms with E-state index in [1.54, 1.807) is 29.2 Å². The molecule has 0 radical (unpaired) electrons. The number of benzene rings is 2. The zero-order chi connectivity index (χ0) is 22.9. The van der Waals surface area contributed by atoms with Crippen molar-refractivity contribution in [2.24, 2.45) is 11.3 Å². The Kier molecular flexibility index (Phi) is 6.04. The molecule has 8 heteroatoms. The number of carbonyl (C=O) groups excluding carboxylic acids is 1. The van der Waals surface area contributed by atoms with E-state index in [1.807, 2.05) is 0 Å². The van der Waals surface area contributed by atoms with Gasteiger partial charge >= 0.3 is 5.97 Å². The van der Waals surface area contributed by atoms with Gasteiger partial charge in [0.05, 0.1) is 13.7 Å². The number of hydrogen-bond acceptors (Lipinski definition) is 4. The molecule has 1 aliphatic heterocycles. The van der Waals surface area contributed by atoms with Gasteiger partial charge in [0.25, 0.3) is 0 Å². The zero-order valence-electron chi connectivity index (χ0n) is 17.8. The molecule has 2 fully saturated rings. The summed E-state index contributed by atoms with van der Waals surface area (Å²) < 4.78 is 38.2. The predicted molar refractivity (Wildman–Crippen MR) is 112 cm³/mol. The molecule has 32 heavy (non-hydrogen) atoms. The number of halogens is 2. The molecule has 1 N–H and O–H groups in total. The number of hydrogen-bond donors (Lipinski definition) is 1. The van der Waals surface area contributed by atoms with Crippen LogP contribution in [0.15, 0.2) is 36.4 Å². The predicted octanol–water partition coefficient (Wildman–Crippen LogP) is 4.12. The first kappa shape index (κ1) is 22.0. The van der Waals surface area contributed by atoms with Crippen LogP contribution in [0.25, 0.3) is 11.1 Å². The van der Waals surface area contributed by atoms with Gasteiger partial charge in [-0.3, -0.25) is 9.59 Å². The Balaban J connectivity index is 1.37. The lowest BCUT2D eigenvalue weighted by Gasteiger charge is -2.34. The highest BCUT2D eigenvalue weighted by Gasteiger charge is 2.58. The molecule has 1 aliphatic carbocycles. The SMILES string of the molecule is COc1cc(F)c(F)cc1-c1ccc(OCC2CCCN(C(=O)C3(C(=O)O)CC3)C2)cc1. The molecule has 0 bridgehead atoms. The number of methoxy groups -OCH3 is 1. The van der Waals surface area contributed by atoms with Crippen molar-refractivity contribution in [2.45, 2.75) is 25.7 Å². The van der Waals surface area contributed by atoms with Gasteiger partial charge in [-0.1, -0.05) is 12.1 Å². The van der Waals surface area contributed by atoms with E-state index < -0.39 is 23.0 Å². The molecule has 1 amide bonds. The number of nitrogens with zero attached hydrogens (tertiary/aromatic N) is 1. The van der Waals surface area contributed by atoms with Crippen LogP contribution >= 0.6 is 0 Å². The standard InChI is InChI=1S/C24H25F2NO5/c1-31-21-12-20(26)19(25)11-18(21)16-4-6-17(7-5-16)32-14-15-3-2-10-27(13-15)22(28)24(8-9-24)23(29)30/h4-7,11-12,15H,2-3,8-10,13-14H2,1H3,(H,29,30). The molecule has 4 rings (SSSR count). The first-order valence-corrected chi connectivity index (χ1v) is 10.6. The molecular formula is C24H25F2NO5. The van der Waals surface area contributed by atoms with E-state index >= 15 is 0 Å². The molecule has 0 spiro atoms. The van der Waals surface area contributed by atoms with Crippen LogP contribution in [0.2, 0.25) is 0 Å². The smallest absolute Gasteiger partial charge is 0.319 e. The number of carbonyl (C=O) groups is 2. The van der Waals surface area contributed by atoms with Gasteiger partial charge < -0.3 is 19.5 Å². The van der Waals surface area contributed by atoms with E-state index in [2.05, 4.69) is 0 Å². The molecule has 1 saturated heterocycles. The van der Waals surface area contributed by atoms with Gasteiger partial charge in [-0.25, -0.2) is 8.78 Å². The third-order valence-corrected chi connectivity index (χ3v) is 6.27. The summed E-state index contributed by atoms with van der Waals surface area (Å²) in [5.74, 6) is -2.27. The average molecular weight is 445 g/mol. The molecule has 1 unspecified atom stereocenters. The molecule has 1 atom stereocenters. The first-order valence-electron chi connectivity index (χ1n) is 10.6. The summed E-state index contributed by atoms with van der Waals surface area (Å²) in [6, 6.07) is 9.08. The molecule has 1 heterocycles. The van der Waals surface area contributed by atoms with Crippen LogP contribution in [0.5, 0.6) is 11.5 Å². The highest BCUT2D eigenvalue weighted by Crippen LogP contribution is 2.48. The van der Waals surface area contributed by atoms with Crippen LogP contribution in [0.4, 0.5) is 8.78 Å². The van der Waals surface area contributed by atoms with Crippen molar-refractivity contribution in [3.63, 3.8) is 0 Å². The maximum atomic E-state index is 13.7. The van der Waals surface area contributed by atoms with Gasteiger partial charge in [-0.05, 0) is 49.4 Å². The molecule has 1 saturated carbocycles. The average Bonchev–Trinajstić information content (AvgIpc) is 3.61. The third kappa shape index (κ3) is 4.26. The lowest BCUT2D eigenvalue weighted by atomic mass is 9.96. The van der Waals surface area contributed by atoms with Gasteiger partial charge in [-0.2, -0.15) is 0 Å². The summed E-state index contributed by atoms with van der Waals surface area (Å²) in [4.78, 5) is 25.8. The number of likely N-dealkylation sites (tertiary alicyclic amines) is 1. The van der Waals surface area contributed by atoms with E-state index in [-0.39, 0.29) is 17.6 Å². The number of carboxylic acid groups (broad SMARTS) is 1. The normalized spacial score (nSPS) is 19.3. The number of piperidine rings is 1. The van der Waals surface area contributed by atoms with E-state index in [0.29, 0.717) is 49.4 Å². The summed E-state index contributed by atoms with van der Waals surface area (Å²) in [6.45, 7) is 1.46. The third-order valence-electron chi connectivity index (χ3n) is 6.27. The Morgan fingerprint density at radius 3 is 2.47 bits per heavy atom. The van der Waals surface area contributed by atoms with Gasteiger partial charge in [0.2, 0.25) is 5.91 Å². The van der Waals surface area contributed by atoms with E-state index in [1.165, 1.54) is 7.11 Å². The number of amides is 1. The van der Waals surface area contributed by atoms with Gasteiger partial charge in [-0.15, -0.1) is 0 Å². The molecular weight excluding hydrogens is 420 g/mol. The quantitative estimate of drug-likeness (QED) is 0.649. The number of ether oxygens (including phenoxy) is 2. The molecule has 0 aromatic heterocycles. The summed E-state index contributed by atoms with van der Waals surface area (Å²) in [5, 5.41) is 9.37. The minimum Gasteiger partial charge on any atom is -0.496 e. The van der Waals surface area contributed by atoms with Crippen LogP contribution in [-0.2, 0) is 9.59 Å². The van der Waals surface area contributed by atoms with Crippen LogP contribution in [0, 0.1) is 23.0 Å². The van der Waals surface area contributed by atoms with Crippen LogP contribution < -0.4 is 9.47 Å². The van der Waals surface area contributed by atoms with Crippen molar-refractivity contribution in [3.8, 4) is 22.6 Å². The lowest BCUT2D eigenvalue weighted by Crippen LogP contribution is -2.47. The zero-order valence-corrected chi connectivity index (χ0v) is 17.8. The second-order valence-corrected chi connectivity index (χ2v) is 8.45. The maximum absolute atomic E-state index is 13.7. The van der Waals surface area contributed by atoms with Crippen molar-refractivity contribution >= 4 is 11.9 Å². The second-order valence-electron chi connectivity index (χ2n) is 8.45. The Bertz CT molecular complexity index is 1020. The van der Waals surface area contributed by atoms with Crippen molar-refractivity contribution in [3.05, 3.63) is 48.0 Å². The molecule has 170 valence electrons. The Morgan fingerprint density at radius 2 is 1.84 bits per heavy atom. The first-order chi connectivity index (χ1) is 15.3. The van der Waals surface area contributed by atoms with Crippen molar-refractivity contribution in [1.82, 2.24) is 4.90 Å². The highest BCUT2D eigenvalue weighted by atomic mass is 19.2. The van der Waals surface area contributed by atoms with Gasteiger partial charge in [0, 0.05) is 30.6 Å². The van der Waals surface area contributed by atoms with Crippen molar-refractivity contribution < 1.29 is 33.0 Å². The topological polar surface area (TPSA) is 76.1 Å². The van der Waals surface area contributed by atoms with Crippen molar-refractivity contribution in [1.29, 1.82) is 0 Å². The minimum atomic E-state index is -1.21. The van der Waals surface area contributed by atoms with Crippen molar-refractivity contribution in [2.75, 3.05) is 26.8 Å². The number of aliphatic carboxylic acids is 1. The molecule has 2 aromatic rings. The fraction of sp³-hybridized carbons (Fsp3) is 0.417. The van der Waals surface area contributed by atoms with Crippen LogP contribution in [0.3, 0.4) is 0 Å². The van der Waals surface area contributed by atoms with E-state index in [0.717, 1.165) is 25.0 Å². The number of carboxylic acids is 1.